The number of hydrogen-bond donors (Lipinski definition) is 1. The first kappa shape index (κ1) is 12.8. The first-order chi connectivity index (χ1) is 9.43. The topological polar surface area (TPSA) is 75.4 Å². The number of nitrogens with one attached hydrogen (secondary N) is 1. The summed E-state index contributed by atoms with van der Waals surface area (Å²) < 4.78 is 1.61. The van der Waals surface area contributed by atoms with Crippen molar-refractivity contribution in [3.8, 4) is 0 Å². The van der Waals surface area contributed by atoms with Crippen LogP contribution in [0.1, 0.15) is 27.2 Å². The van der Waals surface area contributed by atoms with Crippen LogP contribution in [-0.2, 0) is 4.79 Å². The van der Waals surface area contributed by atoms with Crippen LogP contribution in [0.4, 0.5) is 5.82 Å². The highest BCUT2D eigenvalue weighted by atomic mass is 16.2. The lowest BCUT2D eigenvalue weighted by molar-refractivity contribution is -0.131. The Morgan fingerprint density at radius 3 is 2.85 bits per heavy atom. The monoisotopic (exact) mass is 274 g/mol. The van der Waals surface area contributed by atoms with E-state index in [-0.39, 0.29) is 17.5 Å². The highest BCUT2D eigenvalue weighted by Crippen LogP contribution is 2.23. The maximum Gasteiger partial charge on any atom is 0.225 e. The van der Waals surface area contributed by atoms with E-state index in [2.05, 4.69) is 41.4 Å². The van der Waals surface area contributed by atoms with Gasteiger partial charge >= 0.3 is 0 Å². The number of carbonyl (C=O) groups is 1. The maximum atomic E-state index is 12.0. The number of anilines is 1. The minimum Gasteiger partial charge on any atom is -0.364 e. The summed E-state index contributed by atoms with van der Waals surface area (Å²) in [6.07, 6.45) is 2.06. The van der Waals surface area contributed by atoms with Gasteiger partial charge < -0.3 is 10.2 Å². The van der Waals surface area contributed by atoms with Crippen LogP contribution in [0, 0.1) is 0 Å². The summed E-state index contributed by atoms with van der Waals surface area (Å²) in [5, 5.41) is 15.4. The van der Waals surface area contributed by atoms with Gasteiger partial charge in [-0.25, -0.2) is 0 Å². The van der Waals surface area contributed by atoms with E-state index in [0.717, 1.165) is 5.82 Å². The first-order valence-electron chi connectivity index (χ1n) is 6.67. The molecule has 1 N–H and O–H groups in total. The third-order valence-electron chi connectivity index (χ3n) is 3.45. The molecule has 0 bridgehead atoms. The molecule has 20 heavy (non-hydrogen) atoms. The van der Waals surface area contributed by atoms with Crippen molar-refractivity contribution < 1.29 is 4.79 Å². The molecule has 1 unspecified atom stereocenters. The minimum absolute atomic E-state index is 0.0863. The summed E-state index contributed by atoms with van der Waals surface area (Å²) >= 11 is 0. The second-order valence-corrected chi connectivity index (χ2v) is 6.07. The Morgan fingerprint density at radius 2 is 2.15 bits per heavy atom. The largest absolute Gasteiger partial charge is 0.364 e. The molecule has 1 fully saturated rings. The van der Waals surface area contributed by atoms with E-state index in [4.69, 9.17) is 0 Å². The average molecular weight is 274 g/mol. The Labute approximate surface area is 117 Å². The average Bonchev–Trinajstić information content (AvgIpc) is 2.94. The van der Waals surface area contributed by atoms with Gasteiger partial charge in [-0.2, -0.15) is 4.52 Å². The zero-order chi connectivity index (χ0) is 14.3. The molecular formula is C13H18N6O. The molecule has 2 aromatic heterocycles. The zero-order valence-corrected chi connectivity index (χ0v) is 11.9. The molecule has 0 aliphatic carbocycles. The molecule has 2 aromatic rings. The second-order valence-electron chi connectivity index (χ2n) is 6.07. The molecule has 1 atom stereocenters. The molecule has 1 aliphatic heterocycles. The van der Waals surface area contributed by atoms with Gasteiger partial charge in [-0.15, -0.1) is 15.3 Å². The molecule has 0 aromatic carbocycles. The van der Waals surface area contributed by atoms with Crippen LogP contribution in [0.25, 0.3) is 5.65 Å². The summed E-state index contributed by atoms with van der Waals surface area (Å²) in [7, 11) is 0. The molecule has 3 rings (SSSR count). The highest BCUT2D eigenvalue weighted by molar-refractivity contribution is 5.80. The molecule has 7 nitrogen and oxygen atoms in total. The van der Waals surface area contributed by atoms with Gasteiger partial charge in [-0.05, 0) is 32.9 Å². The first-order valence-corrected chi connectivity index (χ1v) is 6.67. The fourth-order valence-electron chi connectivity index (χ4n) is 2.47. The standard InChI is InChI=1S/C13H18N6O/c1-13(2,3)18-7-9(6-12(18)20)15-10-4-5-11-16-14-8-19(11)17-10/h4-5,8-9H,6-7H2,1-3H3,(H,15,17). The predicted molar refractivity (Wildman–Crippen MR) is 74.3 cm³/mol. The van der Waals surface area contributed by atoms with E-state index in [1.165, 1.54) is 0 Å². The van der Waals surface area contributed by atoms with Crippen LogP contribution < -0.4 is 5.32 Å². The molecule has 1 saturated heterocycles. The number of rotatable bonds is 2. The Kier molecular flexibility index (Phi) is 2.84. The van der Waals surface area contributed by atoms with Gasteiger partial charge in [-0.1, -0.05) is 0 Å². The highest BCUT2D eigenvalue weighted by Gasteiger charge is 2.36. The maximum absolute atomic E-state index is 12.0. The Balaban J connectivity index is 1.74. The fourth-order valence-corrected chi connectivity index (χ4v) is 2.47. The fraction of sp³-hybridized carbons (Fsp3) is 0.538. The molecule has 0 radical (unpaired) electrons. The van der Waals surface area contributed by atoms with Gasteiger partial charge in [0.05, 0.1) is 6.04 Å². The lowest BCUT2D eigenvalue weighted by Gasteiger charge is -2.32. The summed E-state index contributed by atoms with van der Waals surface area (Å²) in [5.74, 6) is 0.909. The van der Waals surface area contributed by atoms with E-state index >= 15 is 0 Å². The third kappa shape index (κ3) is 2.31. The minimum atomic E-state index is -0.140. The number of carbonyl (C=O) groups excluding carboxylic acids is 1. The number of amides is 1. The van der Waals surface area contributed by atoms with Crippen LogP contribution in [0.15, 0.2) is 18.5 Å². The number of hydrogen-bond acceptors (Lipinski definition) is 5. The van der Waals surface area contributed by atoms with E-state index in [1.807, 2.05) is 17.0 Å². The van der Waals surface area contributed by atoms with Crippen LogP contribution in [0.5, 0.6) is 0 Å². The van der Waals surface area contributed by atoms with Gasteiger partial charge in [0.2, 0.25) is 5.91 Å². The van der Waals surface area contributed by atoms with Crippen molar-refractivity contribution in [3.05, 3.63) is 18.5 Å². The van der Waals surface area contributed by atoms with Crippen molar-refractivity contribution in [2.75, 3.05) is 11.9 Å². The van der Waals surface area contributed by atoms with Crippen molar-refractivity contribution in [3.63, 3.8) is 0 Å². The number of fused-ring (bicyclic) bond motifs is 1. The summed E-state index contributed by atoms with van der Waals surface area (Å²) in [5.41, 5.74) is 0.563. The Hall–Kier alpha value is -2.18. The number of nitrogens with zero attached hydrogens (tertiary/aromatic N) is 5. The van der Waals surface area contributed by atoms with E-state index < -0.39 is 0 Å². The lowest BCUT2D eigenvalue weighted by Crippen LogP contribution is -2.43. The van der Waals surface area contributed by atoms with Crippen molar-refractivity contribution in [1.82, 2.24) is 24.7 Å². The van der Waals surface area contributed by atoms with Crippen LogP contribution in [0.3, 0.4) is 0 Å². The summed E-state index contributed by atoms with van der Waals surface area (Å²) in [4.78, 5) is 13.9. The third-order valence-corrected chi connectivity index (χ3v) is 3.45. The van der Waals surface area contributed by atoms with Crippen LogP contribution in [0.2, 0.25) is 0 Å². The normalized spacial score (nSPS) is 19.9. The predicted octanol–water partition coefficient (Wildman–Crippen LogP) is 0.936. The molecular weight excluding hydrogens is 256 g/mol. The van der Waals surface area contributed by atoms with Crippen LogP contribution >= 0.6 is 0 Å². The van der Waals surface area contributed by atoms with Crippen LogP contribution in [-0.4, -0.2) is 48.7 Å². The molecule has 1 amide bonds. The second kappa shape index (κ2) is 4.43. The van der Waals surface area contributed by atoms with Gasteiger partial charge in [-0.3, -0.25) is 4.79 Å². The summed E-state index contributed by atoms with van der Waals surface area (Å²) in [6.45, 7) is 6.85. The molecule has 3 heterocycles. The Bertz CT molecular complexity index is 644. The smallest absolute Gasteiger partial charge is 0.225 e. The molecule has 106 valence electrons. The Morgan fingerprint density at radius 1 is 1.35 bits per heavy atom. The van der Waals surface area contributed by atoms with Gasteiger partial charge in [0.25, 0.3) is 0 Å². The van der Waals surface area contributed by atoms with Crippen molar-refractivity contribution in [2.24, 2.45) is 0 Å². The molecule has 0 spiro atoms. The quantitative estimate of drug-likeness (QED) is 0.882. The SMILES string of the molecule is CC(C)(C)N1CC(Nc2ccc3nncn3n2)CC1=O. The van der Waals surface area contributed by atoms with E-state index in [9.17, 15) is 4.79 Å². The van der Waals surface area contributed by atoms with Crippen molar-refractivity contribution >= 4 is 17.4 Å². The number of aromatic nitrogens is 4. The molecule has 1 aliphatic rings. The zero-order valence-electron chi connectivity index (χ0n) is 11.9. The number of likely N-dealkylation sites (tertiary alicyclic amines) is 1. The molecule has 0 saturated carbocycles. The van der Waals surface area contributed by atoms with Crippen molar-refractivity contribution in [1.29, 1.82) is 0 Å². The summed E-state index contributed by atoms with van der Waals surface area (Å²) in [6, 6.07) is 3.79. The van der Waals surface area contributed by atoms with E-state index in [1.54, 1.807) is 10.8 Å². The van der Waals surface area contributed by atoms with Crippen molar-refractivity contribution in [2.45, 2.75) is 38.8 Å². The van der Waals surface area contributed by atoms with E-state index in [0.29, 0.717) is 18.6 Å². The van der Waals surface area contributed by atoms with Gasteiger partial charge in [0.15, 0.2) is 5.65 Å². The lowest BCUT2D eigenvalue weighted by atomic mass is 10.1. The van der Waals surface area contributed by atoms with Gasteiger partial charge in [0.1, 0.15) is 12.1 Å². The molecule has 7 heteroatoms. The van der Waals surface area contributed by atoms with Gasteiger partial charge in [0, 0.05) is 18.5 Å².